The minimum atomic E-state index is -5.30. The van der Waals surface area contributed by atoms with Crippen molar-refractivity contribution < 1.29 is 36.9 Å². The maximum Gasteiger partial charge on any atom is 0.425 e. The van der Waals surface area contributed by atoms with Gasteiger partial charge < -0.3 is 19.9 Å². The first-order valence-electron chi connectivity index (χ1n) is 9.60. The van der Waals surface area contributed by atoms with Crippen LogP contribution in [0, 0.1) is 0 Å². The summed E-state index contributed by atoms with van der Waals surface area (Å²) in [5.41, 5.74) is -3.81. The fraction of sp³-hybridized carbons (Fsp3) is 0.571. The van der Waals surface area contributed by atoms with Crippen molar-refractivity contribution in [1.82, 2.24) is 5.32 Å². The Kier molecular flexibility index (Phi) is 13.2. The molecule has 1 aliphatic carbocycles. The summed E-state index contributed by atoms with van der Waals surface area (Å²) in [6.07, 6.45) is -1.49. The summed E-state index contributed by atoms with van der Waals surface area (Å²) in [4.78, 5) is 12.3. The highest BCUT2D eigenvalue weighted by molar-refractivity contribution is 8.59. The molecular weight excluding hydrogens is 470 g/mol. The molecule has 1 fully saturated rings. The van der Waals surface area contributed by atoms with Crippen LogP contribution in [0.4, 0.5) is 17.6 Å². The molecule has 32 heavy (non-hydrogen) atoms. The highest BCUT2D eigenvalue weighted by Crippen LogP contribution is 2.37. The summed E-state index contributed by atoms with van der Waals surface area (Å²) in [5, 5.41) is 11.9. The van der Waals surface area contributed by atoms with E-state index in [1.165, 1.54) is 25.3 Å². The quantitative estimate of drug-likeness (QED) is 0.144. The molecule has 5 nitrogen and oxygen atoms in total. The van der Waals surface area contributed by atoms with E-state index >= 15 is 0 Å². The summed E-state index contributed by atoms with van der Waals surface area (Å²) in [6, 6.07) is 4.15. The second-order valence-electron chi connectivity index (χ2n) is 6.92. The Balaban J connectivity index is 0.00000311. The Bertz CT molecular complexity index is 758. The SMILES string of the molecule is C.CCCC/C=C(\F)C(O)(CNC(=O)c1ccc(OC2CC2)c(OC)c1)C(F)(F)F.SS. The monoisotopic (exact) mass is 501 g/mol. The van der Waals surface area contributed by atoms with Gasteiger partial charge in [0.2, 0.25) is 5.60 Å². The molecule has 1 unspecified atom stereocenters. The van der Waals surface area contributed by atoms with E-state index in [0.29, 0.717) is 24.7 Å². The van der Waals surface area contributed by atoms with Crippen molar-refractivity contribution in [2.75, 3.05) is 13.7 Å². The lowest BCUT2D eigenvalue weighted by Crippen LogP contribution is -2.54. The maximum atomic E-state index is 14.1. The molecule has 0 spiro atoms. The van der Waals surface area contributed by atoms with Crippen LogP contribution in [0.2, 0.25) is 0 Å². The number of unbranched alkanes of at least 4 members (excludes halogenated alkanes) is 2. The smallest absolute Gasteiger partial charge is 0.425 e. The maximum absolute atomic E-state index is 14.1. The van der Waals surface area contributed by atoms with Crippen LogP contribution in [0.1, 0.15) is 56.8 Å². The number of rotatable bonds is 10. The normalized spacial score (nSPS) is 15.5. The van der Waals surface area contributed by atoms with Crippen molar-refractivity contribution >= 4 is 29.2 Å². The van der Waals surface area contributed by atoms with Crippen molar-refractivity contribution in [3.63, 3.8) is 0 Å². The number of allylic oxidation sites excluding steroid dienone is 1. The van der Waals surface area contributed by atoms with Crippen LogP contribution < -0.4 is 14.8 Å². The fourth-order valence-corrected chi connectivity index (χ4v) is 2.50. The van der Waals surface area contributed by atoms with Crippen LogP contribution in [0.15, 0.2) is 30.1 Å². The molecule has 0 bridgehead atoms. The number of ether oxygens (including phenoxy) is 2. The summed E-state index contributed by atoms with van der Waals surface area (Å²) < 4.78 is 64.8. The number of nitrogens with one attached hydrogen (secondary N) is 1. The molecular formula is C21H31F4NO4S2. The molecule has 1 aliphatic rings. The molecule has 1 aromatic rings. The van der Waals surface area contributed by atoms with Crippen LogP contribution >= 0.6 is 23.3 Å². The molecule has 0 aliphatic heterocycles. The number of carbonyl (C=O) groups is 1. The largest absolute Gasteiger partial charge is 0.493 e. The van der Waals surface area contributed by atoms with Gasteiger partial charge >= 0.3 is 6.18 Å². The number of carbonyl (C=O) groups excluding carboxylic acids is 1. The van der Waals surface area contributed by atoms with Gasteiger partial charge in [0.1, 0.15) is 5.83 Å². The second kappa shape index (κ2) is 13.8. The van der Waals surface area contributed by atoms with Gasteiger partial charge in [0.05, 0.1) is 19.8 Å². The minimum Gasteiger partial charge on any atom is -0.493 e. The van der Waals surface area contributed by atoms with E-state index in [0.717, 1.165) is 12.8 Å². The third-order valence-electron chi connectivity index (χ3n) is 4.49. The molecule has 2 N–H and O–H groups in total. The molecule has 1 amide bonds. The van der Waals surface area contributed by atoms with Gasteiger partial charge in [-0.25, -0.2) is 4.39 Å². The average molecular weight is 502 g/mol. The standard InChI is InChI=1S/C20H25F4NO4.CH4.H2S2/c1-3-4-5-6-17(21)19(27,20(22,23)24)12-25-18(26)13-7-10-15(16(11-13)28-2)29-14-8-9-14;;1-2/h6-7,10-11,14,27H,3-5,8-9,12H2,1-2H3,(H,25,26);1H4;1-2H/b17-6-;;. The lowest BCUT2D eigenvalue weighted by molar-refractivity contribution is -0.247. The lowest BCUT2D eigenvalue weighted by atomic mass is 9.99. The highest BCUT2D eigenvalue weighted by Gasteiger charge is 2.57. The lowest BCUT2D eigenvalue weighted by Gasteiger charge is -2.29. The second-order valence-corrected chi connectivity index (χ2v) is 6.92. The van der Waals surface area contributed by atoms with E-state index in [9.17, 15) is 27.5 Å². The molecule has 1 aromatic carbocycles. The first-order chi connectivity index (χ1) is 14.6. The van der Waals surface area contributed by atoms with Crippen LogP contribution in [-0.4, -0.2) is 42.5 Å². The van der Waals surface area contributed by atoms with Crippen LogP contribution in [-0.2, 0) is 0 Å². The zero-order valence-electron chi connectivity index (χ0n) is 17.2. The van der Waals surface area contributed by atoms with Gasteiger partial charge in [-0.1, -0.05) is 20.8 Å². The van der Waals surface area contributed by atoms with E-state index < -0.39 is 30.1 Å². The molecule has 1 atom stereocenters. The summed E-state index contributed by atoms with van der Waals surface area (Å²) in [5.74, 6) is -1.97. The predicted octanol–water partition coefficient (Wildman–Crippen LogP) is 5.70. The highest BCUT2D eigenvalue weighted by atomic mass is 33.1. The number of hydrogen-bond acceptors (Lipinski definition) is 6. The number of thiol groups is 2. The van der Waals surface area contributed by atoms with Crippen LogP contribution in [0.3, 0.4) is 0 Å². The summed E-state index contributed by atoms with van der Waals surface area (Å²) in [7, 11) is 1.37. The predicted molar refractivity (Wildman–Crippen MR) is 123 cm³/mol. The number of hydrogen-bond donors (Lipinski definition) is 4. The van der Waals surface area contributed by atoms with Gasteiger partial charge in [0, 0.05) is 5.56 Å². The van der Waals surface area contributed by atoms with Gasteiger partial charge in [0.15, 0.2) is 11.5 Å². The Morgan fingerprint density at radius 2 is 1.91 bits per heavy atom. The number of alkyl halides is 3. The Morgan fingerprint density at radius 1 is 1.28 bits per heavy atom. The van der Waals surface area contributed by atoms with Crippen molar-refractivity contribution in [2.24, 2.45) is 0 Å². The zero-order chi connectivity index (χ0) is 23.7. The number of methoxy groups -OCH3 is 1. The molecule has 1 saturated carbocycles. The number of aliphatic hydroxyl groups is 1. The molecule has 0 aromatic heterocycles. The topological polar surface area (TPSA) is 67.8 Å². The number of amides is 1. The molecule has 2 rings (SSSR count). The zero-order valence-corrected chi connectivity index (χ0v) is 19.0. The summed E-state index contributed by atoms with van der Waals surface area (Å²) >= 11 is 6.44. The molecule has 184 valence electrons. The Morgan fingerprint density at radius 3 is 2.41 bits per heavy atom. The third-order valence-corrected chi connectivity index (χ3v) is 4.49. The molecule has 0 heterocycles. The van der Waals surface area contributed by atoms with Crippen molar-refractivity contribution in [1.29, 1.82) is 0 Å². The minimum absolute atomic E-state index is 0. The van der Waals surface area contributed by atoms with Gasteiger partial charge in [-0.3, -0.25) is 4.79 Å². The fourth-order valence-electron chi connectivity index (χ4n) is 2.50. The van der Waals surface area contributed by atoms with Crippen molar-refractivity contribution in [3.8, 4) is 11.5 Å². The van der Waals surface area contributed by atoms with Crippen molar-refractivity contribution in [3.05, 3.63) is 35.7 Å². The van der Waals surface area contributed by atoms with Gasteiger partial charge in [-0.2, -0.15) is 13.2 Å². The number of benzene rings is 1. The average Bonchev–Trinajstić information content (AvgIpc) is 3.56. The molecule has 0 radical (unpaired) electrons. The van der Waals surface area contributed by atoms with Gasteiger partial charge in [-0.15, -0.1) is 23.3 Å². The van der Waals surface area contributed by atoms with E-state index in [1.54, 1.807) is 6.92 Å². The van der Waals surface area contributed by atoms with Crippen LogP contribution in [0.5, 0.6) is 11.5 Å². The van der Waals surface area contributed by atoms with Gasteiger partial charge in [0.25, 0.3) is 5.91 Å². The van der Waals surface area contributed by atoms with E-state index in [1.807, 2.05) is 5.32 Å². The third kappa shape index (κ3) is 8.40. The van der Waals surface area contributed by atoms with Crippen LogP contribution in [0.25, 0.3) is 0 Å². The van der Waals surface area contributed by atoms with E-state index in [2.05, 4.69) is 23.3 Å². The summed E-state index contributed by atoms with van der Waals surface area (Å²) in [6.45, 7) is 0.448. The van der Waals surface area contributed by atoms with E-state index in [4.69, 9.17) is 9.47 Å². The Hall–Kier alpha value is -1.59. The van der Waals surface area contributed by atoms with Gasteiger partial charge in [-0.05, 0) is 50.0 Å². The van der Waals surface area contributed by atoms with E-state index in [-0.39, 0.29) is 31.3 Å². The first-order valence-corrected chi connectivity index (χ1v) is 11.2. The number of halogens is 4. The first kappa shape index (κ1) is 30.4. The van der Waals surface area contributed by atoms with Crippen molar-refractivity contribution in [2.45, 2.75) is 64.3 Å². The Labute approximate surface area is 196 Å². The molecule has 0 saturated heterocycles. The molecule has 11 heteroatoms.